The first-order chi connectivity index (χ1) is 15.1. The van der Waals surface area contributed by atoms with Gasteiger partial charge in [0.15, 0.2) is 5.13 Å². The molecule has 5 aromatic rings. The van der Waals surface area contributed by atoms with Crippen molar-refractivity contribution in [2.75, 3.05) is 4.90 Å². The Bertz CT molecular complexity index is 1380. The van der Waals surface area contributed by atoms with Crippen LogP contribution in [0.2, 0.25) is 0 Å². The monoisotopic (exact) mass is 426 g/mol. The number of hydrogen-bond acceptors (Lipinski definition) is 4. The molecule has 0 aliphatic rings. The van der Waals surface area contributed by atoms with Crippen molar-refractivity contribution in [1.82, 2.24) is 4.98 Å². The first-order valence-corrected chi connectivity index (χ1v) is 11.1. The summed E-state index contributed by atoms with van der Waals surface area (Å²) in [5.41, 5.74) is 4.28. The summed E-state index contributed by atoms with van der Waals surface area (Å²) in [6.07, 6.45) is 1.94. The van der Waals surface area contributed by atoms with Crippen LogP contribution in [-0.4, -0.2) is 10.9 Å². The number of rotatable bonds is 5. The van der Waals surface area contributed by atoms with Crippen LogP contribution in [0.4, 0.5) is 5.13 Å². The van der Waals surface area contributed by atoms with Gasteiger partial charge in [-0.15, -0.1) is 0 Å². The van der Waals surface area contributed by atoms with Crippen molar-refractivity contribution in [2.45, 2.75) is 26.8 Å². The van der Waals surface area contributed by atoms with Gasteiger partial charge in [-0.2, -0.15) is 0 Å². The molecule has 5 heteroatoms. The highest BCUT2D eigenvalue weighted by molar-refractivity contribution is 7.22. The van der Waals surface area contributed by atoms with Crippen LogP contribution >= 0.6 is 11.3 Å². The number of thiazole rings is 1. The third-order valence-electron chi connectivity index (χ3n) is 5.47. The van der Waals surface area contributed by atoms with E-state index in [2.05, 4.69) is 44.2 Å². The largest absolute Gasteiger partial charge is 0.467 e. The molecular formula is C26H22N2O2S. The maximum absolute atomic E-state index is 13.6. The number of anilines is 1. The normalized spacial score (nSPS) is 11.3. The van der Waals surface area contributed by atoms with Gasteiger partial charge < -0.3 is 4.42 Å². The third-order valence-corrected chi connectivity index (χ3v) is 6.49. The minimum absolute atomic E-state index is 0.00110. The van der Waals surface area contributed by atoms with Gasteiger partial charge in [-0.1, -0.05) is 59.9 Å². The fourth-order valence-electron chi connectivity index (χ4n) is 4.00. The highest BCUT2D eigenvalue weighted by Crippen LogP contribution is 2.33. The van der Waals surface area contributed by atoms with Gasteiger partial charge in [-0.25, -0.2) is 4.98 Å². The number of aryl methyl sites for hydroxylation is 2. The first-order valence-electron chi connectivity index (χ1n) is 10.3. The van der Waals surface area contributed by atoms with E-state index in [4.69, 9.17) is 9.40 Å². The Morgan fingerprint density at radius 1 is 1.03 bits per heavy atom. The Morgan fingerprint density at radius 3 is 2.71 bits per heavy atom. The smallest absolute Gasteiger partial charge is 0.233 e. The highest BCUT2D eigenvalue weighted by atomic mass is 32.1. The van der Waals surface area contributed by atoms with Crippen LogP contribution in [-0.2, 0) is 17.8 Å². The SMILES string of the molecule is Cc1cc(C)c2nc(N(Cc3ccco3)C(=O)Cc3cccc4ccccc34)sc2c1. The van der Waals surface area contributed by atoms with Crippen LogP contribution in [0.1, 0.15) is 22.5 Å². The summed E-state index contributed by atoms with van der Waals surface area (Å²) in [5.74, 6) is 0.736. The van der Waals surface area contributed by atoms with Crippen molar-refractivity contribution in [3.05, 3.63) is 95.4 Å². The molecular weight excluding hydrogens is 404 g/mol. The van der Waals surface area contributed by atoms with Crippen LogP contribution in [0.15, 0.2) is 77.4 Å². The molecule has 31 heavy (non-hydrogen) atoms. The number of benzene rings is 3. The summed E-state index contributed by atoms with van der Waals surface area (Å²) in [5, 5.41) is 2.94. The number of hydrogen-bond donors (Lipinski definition) is 0. The summed E-state index contributed by atoms with van der Waals surface area (Å²) in [6.45, 7) is 4.50. The highest BCUT2D eigenvalue weighted by Gasteiger charge is 2.22. The molecule has 2 heterocycles. The van der Waals surface area contributed by atoms with Crippen molar-refractivity contribution < 1.29 is 9.21 Å². The second-order valence-electron chi connectivity index (χ2n) is 7.80. The van der Waals surface area contributed by atoms with E-state index in [0.717, 1.165) is 37.9 Å². The van der Waals surface area contributed by atoms with E-state index < -0.39 is 0 Å². The second kappa shape index (κ2) is 8.00. The topological polar surface area (TPSA) is 46.3 Å². The lowest BCUT2D eigenvalue weighted by Crippen LogP contribution is -2.31. The lowest BCUT2D eigenvalue weighted by Gasteiger charge is -2.19. The van der Waals surface area contributed by atoms with Gasteiger partial charge in [0.2, 0.25) is 5.91 Å². The molecule has 0 aliphatic heterocycles. The Hall–Kier alpha value is -3.44. The number of aromatic nitrogens is 1. The molecule has 0 spiro atoms. The van der Waals surface area contributed by atoms with E-state index in [9.17, 15) is 4.79 Å². The Balaban J connectivity index is 1.54. The number of nitrogens with zero attached hydrogens (tertiary/aromatic N) is 2. The molecule has 0 atom stereocenters. The van der Waals surface area contributed by atoms with Crippen molar-refractivity contribution in [3.8, 4) is 0 Å². The summed E-state index contributed by atoms with van der Waals surface area (Å²) < 4.78 is 6.65. The molecule has 5 rings (SSSR count). The van der Waals surface area contributed by atoms with Crippen LogP contribution in [0.5, 0.6) is 0 Å². The number of furan rings is 1. The van der Waals surface area contributed by atoms with Crippen molar-refractivity contribution in [1.29, 1.82) is 0 Å². The number of carbonyl (C=O) groups is 1. The van der Waals surface area contributed by atoms with Gasteiger partial charge in [0, 0.05) is 0 Å². The summed E-state index contributed by atoms with van der Waals surface area (Å²) in [7, 11) is 0. The average molecular weight is 427 g/mol. The van der Waals surface area contributed by atoms with Crippen LogP contribution in [0, 0.1) is 13.8 Å². The van der Waals surface area contributed by atoms with E-state index in [1.54, 1.807) is 22.5 Å². The maximum atomic E-state index is 13.6. The molecule has 4 nitrogen and oxygen atoms in total. The Kier molecular flexibility index (Phi) is 5.04. The molecule has 0 saturated carbocycles. The standard InChI is InChI=1S/C26H22N2O2S/c1-17-13-18(2)25-23(14-17)31-26(27-25)28(16-21-10-6-12-30-21)24(29)15-20-9-5-8-19-7-3-4-11-22(19)20/h3-14H,15-16H2,1-2H3. The number of fused-ring (bicyclic) bond motifs is 2. The van der Waals surface area contributed by atoms with Crippen LogP contribution in [0.25, 0.3) is 21.0 Å². The fraction of sp³-hybridized carbons (Fsp3) is 0.154. The molecule has 2 aromatic heterocycles. The molecule has 3 aromatic carbocycles. The molecule has 154 valence electrons. The van der Waals surface area contributed by atoms with Crippen molar-refractivity contribution in [2.24, 2.45) is 0 Å². The zero-order valence-corrected chi connectivity index (χ0v) is 18.3. The molecule has 0 aliphatic carbocycles. The molecule has 0 saturated heterocycles. The minimum atomic E-state index is 0.00110. The van der Waals surface area contributed by atoms with Gasteiger partial charge in [-0.3, -0.25) is 9.69 Å². The van der Waals surface area contributed by atoms with Gasteiger partial charge in [0.1, 0.15) is 5.76 Å². The molecule has 0 fully saturated rings. The maximum Gasteiger partial charge on any atom is 0.233 e. The number of amides is 1. The average Bonchev–Trinajstić information content (AvgIpc) is 3.42. The minimum Gasteiger partial charge on any atom is -0.467 e. The zero-order valence-electron chi connectivity index (χ0n) is 17.5. The van der Waals surface area contributed by atoms with Gasteiger partial charge in [-0.05, 0) is 59.5 Å². The predicted molar refractivity (Wildman–Crippen MR) is 127 cm³/mol. The van der Waals surface area contributed by atoms with E-state index in [-0.39, 0.29) is 5.91 Å². The van der Waals surface area contributed by atoms with Crippen LogP contribution < -0.4 is 4.90 Å². The lowest BCUT2D eigenvalue weighted by molar-refractivity contribution is -0.118. The van der Waals surface area contributed by atoms with E-state index in [0.29, 0.717) is 18.1 Å². The summed E-state index contributed by atoms with van der Waals surface area (Å²) in [6, 6.07) is 22.3. The lowest BCUT2D eigenvalue weighted by atomic mass is 10.0. The predicted octanol–water partition coefficient (Wildman–Crippen LogP) is 6.44. The second-order valence-corrected chi connectivity index (χ2v) is 8.81. The molecule has 0 N–H and O–H groups in total. The van der Waals surface area contributed by atoms with Crippen molar-refractivity contribution in [3.63, 3.8) is 0 Å². The quantitative estimate of drug-likeness (QED) is 0.325. The molecule has 0 bridgehead atoms. The molecule has 1 amide bonds. The van der Waals surface area contributed by atoms with Gasteiger partial charge in [0.05, 0.1) is 29.4 Å². The van der Waals surface area contributed by atoms with E-state index >= 15 is 0 Å². The first kappa shape index (κ1) is 19.5. The molecule has 0 unspecified atom stereocenters. The third kappa shape index (κ3) is 3.84. The number of carbonyl (C=O) groups excluding carboxylic acids is 1. The zero-order chi connectivity index (χ0) is 21.4. The van der Waals surface area contributed by atoms with Crippen LogP contribution in [0.3, 0.4) is 0 Å². The fourth-order valence-corrected chi connectivity index (χ4v) is 5.16. The van der Waals surface area contributed by atoms with E-state index in [1.165, 1.54) is 5.56 Å². The van der Waals surface area contributed by atoms with E-state index in [1.807, 2.05) is 36.4 Å². The molecule has 0 radical (unpaired) electrons. The van der Waals surface area contributed by atoms with Crippen molar-refractivity contribution >= 4 is 43.4 Å². The Labute approximate surface area is 184 Å². The summed E-state index contributed by atoms with van der Waals surface area (Å²) in [4.78, 5) is 20.2. The summed E-state index contributed by atoms with van der Waals surface area (Å²) >= 11 is 1.55. The van der Waals surface area contributed by atoms with Gasteiger partial charge in [0.25, 0.3) is 0 Å². The van der Waals surface area contributed by atoms with Gasteiger partial charge >= 0.3 is 0 Å². The Morgan fingerprint density at radius 2 is 1.87 bits per heavy atom.